The summed E-state index contributed by atoms with van der Waals surface area (Å²) in [6.07, 6.45) is 2.06. The number of aromatic nitrogens is 2. The van der Waals surface area contributed by atoms with Crippen LogP contribution in [-0.2, 0) is 11.3 Å². The first kappa shape index (κ1) is 15.3. The third kappa shape index (κ3) is 5.62. The molecule has 0 aliphatic heterocycles. The smallest absolute Gasteiger partial charge is 0.231 e. The number of hydrogen-bond acceptors (Lipinski definition) is 6. The number of nitrogens with zero attached hydrogens (tertiary/aromatic N) is 3. The Bertz CT molecular complexity index is 423. The molecule has 7 nitrogen and oxygen atoms in total. The summed E-state index contributed by atoms with van der Waals surface area (Å²) in [5.74, 6) is 6.20. The zero-order chi connectivity index (χ0) is 14.3. The number of rotatable bonds is 8. The van der Waals surface area contributed by atoms with Gasteiger partial charge in [-0.15, -0.1) is 0 Å². The van der Waals surface area contributed by atoms with E-state index >= 15 is 0 Å². The maximum absolute atomic E-state index is 11.1. The second-order valence-corrected chi connectivity index (χ2v) is 4.49. The molecular weight excluding hydrogens is 244 g/mol. The Morgan fingerprint density at radius 3 is 2.79 bits per heavy atom. The molecule has 1 amide bonds. The third-order valence-corrected chi connectivity index (χ3v) is 2.62. The summed E-state index contributed by atoms with van der Waals surface area (Å²) in [6.45, 7) is 5.46. The van der Waals surface area contributed by atoms with Crippen molar-refractivity contribution in [3.63, 3.8) is 0 Å². The number of carbonyl (C=O) groups excluding carboxylic acids is 1. The standard InChI is InChI=1S/C12H22N6O/c1-3-4-5-18(7-10(13)19)8-12-15-9(2)6-11(16-12)17-14/h6H,3-5,7-8,14H2,1-2H3,(H2,13,19)(H,15,16,17). The van der Waals surface area contributed by atoms with E-state index in [0.717, 1.165) is 25.1 Å². The van der Waals surface area contributed by atoms with Gasteiger partial charge in [0.2, 0.25) is 5.91 Å². The van der Waals surface area contributed by atoms with E-state index in [0.29, 0.717) is 18.2 Å². The van der Waals surface area contributed by atoms with Crippen LogP contribution in [0.3, 0.4) is 0 Å². The van der Waals surface area contributed by atoms with Crippen LogP contribution in [0.2, 0.25) is 0 Å². The summed E-state index contributed by atoms with van der Waals surface area (Å²) in [5, 5.41) is 0. The quantitative estimate of drug-likeness (QED) is 0.456. The van der Waals surface area contributed by atoms with E-state index in [-0.39, 0.29) is 12.5 Å². The topological polar surface area (TPSA) is 110 Å². The maximum atomic E-state index is 11.1. The highest BCUT2D eigenvalue weighted by molar-refractivity contribution is 5.75. The molecule has 0 radical (unpaired) electrons. The number of hydrazine groups is 1. The van der Waals surface area contributed by atoms with Gasteiger partial charge in [-0.2, -0.15) is 0 Å². The summed E-state index contributed by atoms with van der Waals surface area (Å²) in [4.78, 5) is 21.6. The molecule has 0 fully saturated rings. The zero-order valence-electron chi connectivity index (χ0n) is 11.5. The van der Waals surface area contributed by atoms with Crippen molar-refractivity contribution < 1.29 is 4.79 Å². The summed E-state index contributed by atoms with van der Waals surface area (Å²) < 4.78 is 0. The minimum absolute atomic E-state index is 0.211. The predicted molar refractivity (Wildman–Crippen MR) is 74.0 cm³/mol. The van der Waals surface area contributed by atoms with Crippen LogP contribution in [0.15, 0.2) is 6.07 Å². The second kappa shape index (κ2) is 7.65. The van der Waals surface area contributed by atoms with Crippen LogP contribution in [0.5, 0.6) is 0 Å². The second-order valence-electron chi connectivity index (χ2n) is 4.49. The molecular formula is C12H22N6O. The number of hydrogen-bond donors (Lipinski definition) is 3. The fourth-order valence-corrected chi connectivity index (χ4v) is 1.79. The predicted octanol–water partition coefficient (Wildman–Crippen LogP) is 0.158. The van der Waals surface area contributed by atoms with E-state index in [2.05, 4.69) is 22.3 Å². The molecule has 19 heavy (non-hydrogen) atoms. The van der Waals surface area contributed by atoms with Crippen molar-refractivity contribution >= 4 is 11.7 Å². The number of amides is 1. The lowest BCUT2D eigenvalue weighted by atomic mass is 10.3. The summed E-state index contributed by atoms with van der Waals surface area (Å²) in [7, 11) is 0. The van der Waals surface area contributed by atoms with Crippen LogP contribution in [0.25, 0.3) is 0 Å². The van der Waals surface area contributed by atoms with Crippen molar-refractivity contribution in [2.45, 2.75) is 33.2 Å². The van der Waals surface area contributed by atoms with E-state index in [9.17, 15) is 4.79 Å². The van der Waals surface area contributed by atoms with Gasteiger partial charge in [0, 0.05) is 11.8 Å². The lowest BCUT2D eigenvalue weighted by Gasteiger charge is -2.19. The molecule has 5 N–H and O–H groups in total. The van der Waals surface area contributed by atoms with Gasteiger partial charge in [0.15, 0.2) is 0 Å². The van der Waals surface area contributed by atoms with E-state index in [1.165, 1.54) is 0 Å². The summed E-state index contributed by atoms with van der Waals surface area (Å²) in [6, 6.07) is 1.76. The van der Waals surface area contributed by atoms with Gasteiger partial charge in [-0.3, -0.25) is 9.69 Å². The average molecular weight is 266 g/mol. The molecule has 0 saturated carbocycles. The first-order valence-corrected chi connectivity index (χ1v) is 6.37. The molecule has 0 aromatic carbocycles. The van der Waals surface area contributed by atoms with Crippen LogP contribution in [0.4, 0.5) is 5.82 Å². The van der Waals surface area contributed by atoms with E-state index in [1.807, 2.05) is 11.8 Å². The van der Waals surface area contributed by atoms with Gasteiger partial charge in [-0.25, -0.2) is 15.8 Å². The molecule has 1 aromatic rings. The lowest BCUT2D eigenvalue weighted by Crippen LogP contribution is -2.34. The Morgan fingerprint density at radius 2 is 2.21 bits per heavy atom. The van der Waals surface area contributed by atoms with Crippen LogP contribution in [0.1, 0.15) is 31.3 Å². The number of nitrogens with two attached hydrogens (primary N) is 2. The van der Waals surface area contributed by atoms with Crippen molar-refractivity contribution in [2.75, 3.05) is 18.5 Å². The monoisotopic (exact) mass is 266 g/mol. The largest absolute Gasteiger partial charge is 0.369 e. The Hall–Kier alpha value is -1.73. The van der Waals surface area contributed by atoms with Crippen LogP contribution in [0, 0.1) is 6.92 Å². The van der Waals surface area contributed by atoms with Crippen LogP contribution < -0.4 is 17.0 Å². The highest BCUT2D eigenvalue weighted by atomic mass is 16.1. The number of aryl methyl sites for hydroxylation is 1. The van der Waals surface area contributed by atoms with Gasteiger partial charge < -0.3 is 11.2 Å². The molecule has 0 saturated heterocycles. The highest BCUT2D eigenvalue weighted by Crippen LogP contribution is 2.07. The van der Waals surface area contributed by atoms with Crippen molar-refractivity contribution in [1.82, 2.24) is 14.9 Å². The van der Waals surface area contributed by atoms with Gasteiger partial charge in [0.1, 0.15) is 11.6 Å². The molecule has 0 aliphatic carbocycles. The van der Waals surface area contributed by atoms with E-state index < -0.39 is 0 Å². The zero-order valence-corrected chi connectivity index (χ0v) is 11.5. The average Bonchev–Trinajstić information content (AvgIpc) is 2.34. The first-order valence-electron chi connectivity index (χ1n) is 6.37. The Balaban J connectivity index is 2.76. The van der Waals surface area contributed by atoms with Gasteiger partial charge in [-0.05, 0) is 19.9 Å². The maximum Gasteiger partial charge on any atom is 0.231 e. The van der Waals surface area contributed by atoms with E-state index in [1.54, 1.807) is 6.07 Å². The lowest BCUT2D eigenvalue weighted by molar-refractivity contribution is -0.119. The normalized spacial score (nSPS) is 10.7. The molecule has 0 aliphatic rings. The number of carbonyl (C=O) groups is 1. The molecule has 1 aromatic heterocycles. The minimum Gasteiger partial charge on any atom is -0.369 e. The molecule has 1 heterocycles. The molecule has 0 unspecified atom stereocenters. The Labute approximate surface area is 113 Å². The van der Waals surface area contributed by atoms with Gasteiger partial charge in [0.25, 0.3) is 0 Å². The number of primary amides is 1. The fourth-order valence-electron chi connectivity index (χ4n) is 1.79. The van der Waals surface area contributed by atoms with Crippen LogP contribution >= 0.6 is 0 Å². The molecule has 7 heteroatoms. The van der Waals surface area contributed by atoms with Crippen molar-refractivity contribution in [3.8, 4) is 0 Å². The summed E-state index contributed by atoms with van der Waals surface area (Å²) in [5.41, 5.74) is 8.58. The van der Waals surface area contributed by atoms with Crippen molar-refractivity contribution in [2.24, 2.45) is 11.6 Å². The van der Waals surface area contributed by atoms with E-state index in [4.69, 9.17) is 11.6 Å². The first-order chi connectivity index (χ1) is 9.05. The number of nitrogens with one attached hydrogen (secondary N) is 1. The molecule has 1 rings (SSSR count). The summed E-state index contributed by atoms with van der Waals surface area (Å²) >= 11 is 0. The number of anilines is 1. The number of nitrogen functional groups attached to an aromatic ring is 1. The molecule has 0 spiro atoms. The molecule has 106 valence electrons. The Morgan fingerprint density at radius 1 is 1.47 bits per heavy atom. The number of unbranched alkanes of at least 4 members (excludes halogenated alkanes) is 1. The SMILES string of the molecule is CCCCN(CC(N)=O)Cc1nc(C)cc(NN)n1. The van der Waals surface area contributed by atoms with Gasteiger partial charge in [-0.1, -0.05) is 13.3 Å². The van der Waals surface area contributed by atoms with Gasteiger partial charge in [0.05, 0.1) is 13.1 Å². The highest BCUT2D eigenvalue weighted by Gasteiger charge is 2.11. The minimum atomic E-state index is -0.346. The molecule has 0 atom stereocenters. The Kier molecular flexibility index (Phi) is 6.17. The fraction of sp³-hybridized carbons (Fsp3) is 0.583. The van der Waals surface area contributed by atoms with Crippen molar-refractivity contribution in [1.29, 1.82) is 0 Å². The van der Waals surface area contributed by atoms with Crippen molar-refractivity contribution in [3.05, 3.63) is 17.6 Å². The van der Waals surface area contributed by atoms with Crippen LogP contribution in [-0.4, -0.2) is 33.9 Å². The van der Waals surface area contributed by atoms with Gasteiger partial charge >= 0.3 is 0 Å². The molecule has 0 bridgehead atoms. The third-order valence-electron chi connectivity index (χ3n) is 2.62.